The lowest BCUT2D eigenvalue weighted by Gasteiger charge is -2.34. The summed E-state index contributed by atoms with van der Waals surface area (Å²) < 4.78 is 5.45. The highest BCUT2D eigenvalue weighted by molar-refractivity contribution is 5.80. The molecule has 0 radical (unpaired) electrons. The summed E-state index contributed by atoms with van der Waals surface area (Å²) in [7, 11) is 3.83. The number of nitrogens with one attached hydrogen (secondary N) is 2. The summed E-state index contributed by atoms with van der Waals surface area (Å²) in [5.74, 6) is 2.54. The van der Waals surface area contributed by atoms with Gasteiger partial charge >= 0.3 is 0 Å². The van der Waals surface area contributed by atoms with Crippen molar-refractivity contribution in [1.29, 1.82) is 0 Å². The van der Waals surface area contributed by atoms with Crippen molar-refractivity contribution < 1.29 is 9.21 Å². The lowest BCUT2D eigenvalue weighted by Crippen LogP contribution is -2.46. The molecule has 1 aromatic heterocycles. The highest BCUT2D eigenvalue weighted by Crippen LogP contribution is 2.20. The highest BCUT2D eigenvalue weighted by Gasteiger charge is 2.23. The fraction of sp³-hybridized carbons (Fsp3) is 0.520. The molecule has 0 unspecified atom stereocenters. The second-order valence-electron chi connectivity index (χ2n) is 8.38. The van der Waals surface area contributed by atoms with E-state index in [2.05, 4.69) is 51.7 Å². The van der Waals surface area contributed by atoms with Crippen molar-refractivity contribution in [2.75, 3.05) is 51.7 Å². The number of likely N-dealkylation sites (tertiary alicyclic amines) is 1. The summed E-state index contributed by atoms with van der Waals surface area (Å²) in [5.41, 5.74) is 1.23. The number of carbonyl (C=O) groups excluding carboxylic acids is 1. The second kappa shape index (κ2) is 12.8. The monoisotopic (exact) mass is 439 g/mol. The minimum absolute atomic E-state index is 0.136. The Hall–Kier alpha value is -2.96. The number of carbonyl (C=O) groups is 1. The third kappa shape index (κ3) is 7.62. The molecule has 1 aromatic carbocycles. The van der Waals surface area contributed by atoms with Gasteiger partial charge in [0.1, 0.15) is 5.76 Å². The first kappa shape index (κ1) is 23.7. The quantitative estimate of drug-likeness (QED) is 0.338. The van der Waals surface area contributed by atoms with Crippen molar-refractivity contribution in [3.05, 3.63) is 54.5 Å². The number of rotatable bonds is 10. The number of aliphatic imine (C=N–C) groups is 1. The normalized spacial score (nSPS) is 14.9. The van der Waals surface area contributed by atoms with E-state index in [4.69, 9.17) is 9.41 Å². The van der Waals surface area contributed by atoms with Crippen LogP contribution in [0.25, 0.3) is 0 Å². The van der Waals surface area contributed by atoms with E-state index in [1.54, 1.807) is 13.3 Å². The second-order valence-corrected chi connectivity index (χ2v) is 8.38. The number of anilines is 1. The van der Waals surface area contributed by atoms with Crippen molar-refractivity contribution >= 4 is 17.6 Å². The van der Waals surface area contributed by atoms with Crippen LogP contribution in [0, 0.1) is 5.92 Å². The topological polar surface area (TPSA) is 73.1 Å². The largest absolute Gasteiger partial charge is 0.469 e. The SMILES string of the molecule is CNC(=O)CC1CCN(C(=NCCCN(C)c2ccccc2)NCCc2ccco2)CC1. The maximum atomic E-state index is 11.7. The minimum atomic E-state index is 0.136. The van der Waals surface area contributed by atoms with Crippen molar-refractivity contribution in [1.82, 2.24) is 15.5 Å². The van der Waals surface area contributed by atoms with Gasteiger partial charge < -0.3 is 24.9 Å². The van der Waals surface area contributed by atoms with Gasteiger partial charge in [-0.3, -0.25) is 9.79 Å². The standard InChI is InChI=1S/C25H37N5O2/c1-26-24(31)20-21-12-17-30(18-13-21)25(28-15-11-23-10-6-19-32-23)27-14-7-16-29(2)22-8-4-3-5-9-22/h3-6,8-10,19,21H,7,11-18,20H2,1-2H3,(H,26,31)(H,27,28). The predicted octanol–water partition coefficient (Wildman–Crippen LogP) is 3.14. The number of benzene rings is 1. The van der Waals surface area contributed by atoms with E-state index in [1.165, 1.54) is 5.69 Å². The number of guanidine groups is 1. The van der Waals surface area contributed by atoms with Gasteiger partial charge in [0.25, 0.3) is 0 Å². The molecule has 174 valence electrons. The van der Waals surface area contributed by atoms with Crippen LogP contribution in [-0.2, 0) is 11.2 Å². The molecule has 2 heterocycles. The van der Waals surface area contributed by atoms with Crippen molar-refractivity contribution in [2.45, 2.75) is 32.1 Å². The van der Waals surface area contributed by atoms with Gasteiger partial charge in [-0.2, -0.15) is 0 Å². The van der Waals surface area contributed by atoms with E-state index in [0.29, 0.717) is 12.3 Å². The van der Waals surface area contributed by atoms with Gasteiger partial charge in [-0.05, 0) is 49.4 Å². The number of para-hydroxylation sites is 1. The fourth-order valence-corrected chi connectivity index (χ4v) is 4.04. The molecule has 2 N–H and O–H groups in total. The maximum Gasteiger partial charge on any atom is 0.220 e. The molecule has 0 bridgehead atoms. The van der Waals surface area contributed by atoms with Crippen LogP contribution >= 0.6 is 0 Å². The number of piperidine rings is 1. The van der Waals surface area contributed by atoms with Gasteiger partial charge in [0, 0.05) is 65.3 Å². The first-order valence-electron chi connectivity index (χ1n) is 11.7. The van der Waals surface area contributed by atoms with Gasteiger partial charge in [-0.1, -0.05) is 18.2 Å². The highest BCUT2D eigenvalue weighted by atomic mass is 16.3. The Bertz CT molecular complexity index is 814. The summed E-state index contributed by atoms with van der Waals surface area (Å²) in [6.45, 7) is 4.38. The van der Waals surface area contributed by atoms with Crippen LogP contribution in [0.15, 0.2) is 58.1 Å². The van der Waals surface area contributed by atoms with E-state index in [-0.39, 0.29) is 5.91 Å². The van der Waals surface area contributed by atoms with Crippen LogP contribution in [0.2, 0.25) is 0 Å². The molecule has 1 amide bonds. The average molecular weight is 440 g/mol. The summed E-state index contributed by atoms with van der Waals surface area (Å²) in [6.07, 6.45) is 6.18. The van der Waals surface area contributed by atoms with Crippen LogP contribution in [0.5, 0.6) is 0 Å². The predicted molar refractivity (Wildman–Crippen MR) is 130 cm³/mol. The molecule has 0 saturated carbocycles. The van der Waals surface area contributed by atoms with E-state index in [0.717, 1.165) is 70.1 Å². The molecule has 7 heteroatoms. The van der Waals surface area contributed by atoms with Gasteiger partial charge in [-0.25, -0.2) is 0 Å². The van der Waals surface area contributed by atoms with E-state index in [9.17, 15) is 4.79 Å². The number of amides is 1. The lowest BCUT2D eigenvalue weighted by molar-refractivity contribution is -0.121. The Labute approximate surface area is 191 Å². The van der Waals surface area contributed by atoms with Gasteiger partial charge in [0.05, 0.1) is 6.26 Å². The molecule has 32 heavy (non-hydrogen) atoms. The Morgan fingerprint density at radius 2 is 1.97 bits per heavy atom. The molecular formula is C25H37N5O2. The molecule has 0 atom stereocenters. The van der Waals surface area contributed by atoms with Crippen LogP contribution in [0.3, 0.4) is 0 Å². The number of nitrogens with zero attached hydrogens (tertiary/aromatic N) is 3. The Morgan fingerprint density at radius 3 is 2.66 bits per heavy atom. The van der Waals surface area contributed by atoms with Crippen molar-refractivity contribution in [3.63, 3.8) is 0 Å². The molecule has 1 aliphatic heterocycles. The van der Waals surface area contributed by atoms with Crippen LogP contribution < -0.4 is 15.5 Å². The zero-order valence-electron chi connectivity index (χ0n) is 19.4. The van der Waals surface area contributed by atoms with E-state index in [1.807, 2.05) is 18.2 Å². The van der Waals surface area contributed by atoms with Crippen LogP contribution in [0.1, 0.15) is 31.4 Å². The molecular weight excluding hydrogens is 402 g/mol. The summed E-state index contributed by atoms with van der Waals surface area (Å²) in [5, 5.41) is 6.28. The third-order valence-corrected chi connectivity index (χ3v) is 6.01. The molecule has 1 aliphatic rings. The molecule has 0 aliphatic carbocycles. The molecule has 7 nitrogen and oxygen atoms in total. The van der Waals surface area contributed by atoms with E-state index >= 15 is 0 Å². The van der Waals surface area contributed by atoms with Crippen LogP contribution in [0.4, 0.5) is 5.69 Å². The lowest BCUT2D eigenvalue weighted by atomic mass is 9.93. The average Bonchev–Trinajstić information content (AvgIpc) is 3.35. The molecule has 1 fully saturated rings. The van der Waals surface area contributed by atoms with Crippen molar-refractivity contribution in [2.24, 2.45) is 10.9 Å². The zero-order valence-corrected chi connectivity index (χ0v) is 19.4. The number of hydrogen-bond acceptors (Lipinski definition) is 4. The van der Waals surface area contributed by atoms with Crippen molar-refractivity contribution in [3.8, 4) is 0 Å². The molecule has 0 spiro atoms. The Kier molecular flexibility index (Phi) is 9.47. The Balaban J connectivity index is 1.51. The van der Waals surface area contributed by atoms with Gasteiger partial charge in [0.15, 0.2) is 5.96 Å². The zero-order chi connectivity index (χ0) is 22.6. The fourth-order valence-electron chi connectivity index (χ4n) is 4.04. The summed E-state index contributed by atoms with van der Waals surface area (Å²) >= 11 is 0. The first-order chi connectivity index (χ1) is 15.7. The van der Waals surface area contributed by atoms with E-state index < -0.39 is 0 Å². The molecule has 2 aromatic rings. The maximum absolute atomic E-state index is 11.7. The van der Waals surface area contributed by atoms with Gasteiger partial charge in [0.2, 0.25) is 5.91 Å². The molecule has 1 saturated heterocycles. The van der Waals surface area contributed by atoms with Gasteiger partial charge in [-0.15, -0.1) is 0 Å². The minimum Gasteiger partial charge on any atom is -0.469 e. The van der Waals surface area contributed by atoms with Crippen LogP contribution in [-0.4, -0.2) is 63.6 Å². The third-order valence-electron chi connectivity index (χ3n) is 6.01. The summed E-state index contributed by atoms with van der Waals surface area (Å²) in [6, 6.07) is 14.4. The Morgan fingerprint density at radius 1 is 1.19 bits per heavy atom. The molecule has 3 rings (SSSR count). The summed E-state index contributed by atoms with van der Waals surface area (Å²) in [4.78, 5) is 21.2. The smallest absolute Gasteiger partial charge is 0.220 e. The first-order valence-corrected chi connectivity index (χ1v) is 11.7. The number of hydrogen-bond donors (Lipinski definition) is 2. The number of furan rings is 1.